The number of fused-ring (bicyclic) bond motifs is 1. The van der Waals surface area contributed by atoms with Gasteiger partial charge in [0.2, 0.25) is 59.1 Å². The Morgan fingerprint density at radius 3 is 1.52 bits per heavy atom. The molecule has 2 heterocycles. The van der Waals surface area contributed by atoms with Gasteiger partial charge in [-0.2, -0.15) is 0 Å². The molecule has 0 aromatic rings. The van der Waals surface area contributed by atoms with E-state index in [1.54, 1.807) is 6.92 Å². The van der Waals surface area contributed by atoms with E-state index in [0.717, 1.165) is 0 Å². The minimum Gasteiger partial charge on any atom is -0.394 e. The molecule has 2 aliphatic rings. The number of aliphatic hydroxyl groups is 1. The zero-order chi connectivity index (χ0) is 58.3. The predicted molar refractivity (Wildman–Crippen MR) is 299 cm³/mol. The van der Waals surface area contributed by atoms with Crippen molar-refractivity contribution >= 4 is 80.7 Å². The average Bonchev–Trinajstić information content (AvgIpc) is 3.82. The second kappa shape index (κ2) is 34.3. The van der Waals surface area contributed by atoms with Gasteiger partial charge in [-0.05, 0) is 102 Å². The van der Waals surface area contributed by atoms with Crippen LogP contribution in [-0.4, -0.2) is 174 Å². The predicted octanol–water partition coefficient (Wildman–Crippen LogP) is -0.0650. The normalized spacial score (nSPS) is 27.7. The summed E-state index contributed by atoms with van der Waals surface area (Å²) in [5, 5.41) is 37.8. The molecule has 23 nitrogen and oxygen atoms in total. The number of carbonyl (C=O) groups excluding carboxylic acids is 10. The maximum atomic E-state index is 14.5. The first-order valence-electron chi connectivity index (χ1n) is 27.3. The number of hydrogen-bond donors (Lipinski definition) is 12. The topological polar surface area (TPSA) is 340 Å². The van der Waals surface area contributed by atoms with E-state index in [1.807, 2.05) is 81.1 Å². The van der Waals surface area contributed by atoms with Crippen molar-refractivity contribution in [2.45, 2.75) is 201 Å². The van der Waals surface area contributed by atoms with Crippen LogP contribution in [0.1, 0.15) is 134 Å². The third-order valence-electron chi connectivity index (χ3n) is 13.1. The molecule has 77 heavy (non-hydrogen) atoms. The van der Waals surface area contributed by atoms with E-state index in [4.69, 9.17) is 5.73 Å². The van der Waals surface area contributed by atoms with Crippen LogP contribution in [0.2, 0.25) is 0 Å². The summed E-state index contributed by atoms with van der Waals surface area (Å²) in [6.45, 7) is 22.1. The van der Waals surface area contributed by atoms with Crippen molar-refractivity contribution in [2.24, 2.45) is 35.3 Å². The van der Waals surface area contributed by atoms with E-state index >= 15 is 0 Å². The molecular formula is C52H94N12O11S2. The number of amides is 10. The van der Waals surface area contributed by atoms with E-state index in [9.17, 15) is 53.1 Å². The molecule has 440 valence electrons. The van der Waals surface area contributed by atoms with E-state index in [1.165, 1.54) is 28.6 Å². The van der Waals surface area contributed by atoms with Crippen molar-refractivity contribution in [3.8, 4) is 0 Å². The highest BCUT2D eigenvalue weighted by Gasteiger charge is 2.41. The van der Waals surface area contributed by atoms with Crippen LogP contribution in [-0.2, 0) is 47.9 Å². The second-order valence-corrected chi connectivity index (χ2v) is 25.3. The zero-order valence-electron chi connectivity index (χ0n) is 47.8. The van der Waals surface area contributed by atoms with Crippen LogP contribution in [0, 0.1) is 29.6 Å². The lowest BCUT2D eigenvalue weighted by atomic mass is 9.95. The Kier molecular flexibility index (Phi) is 30.5. The van der Waals surface area contributed by atoms with E-state index < -0.39 is 145 Å². The molecule has 0 saturated carbocycles. The number of nitrogens with zero attached hydrogens (tertiary/aromatic N) is 1. The maximum Gasteiger partial charge on any atom is 0.244 e. The molecule has 2 rings (SSSR count). The first-order chi connectivity index (χ1) is 36.1. The zero-order valence-corrected chi connectivity index (χ0v) is 49.4. The Bertz CT molecular complexity index is 1980. The first kappa shape index (κ1) is 68.4. The molecule has 11 atom stereocenters. The van der Waals surface area contributed by atoms with Crippen LogP contribution >= 0.6 is 21.6 Å². The molecule has 0 aliphatic carbocycles. The third kappa shape index (κ3) is 24.9. The summed E-state index contributed by atoms with van der Waals surface area (Å²) in [7, 11) is 4.01. The van der Waals surface area contributed by atoms with Crippen molar-refractivity contribution in [1.29, 1.82) is 0 Å². The Morgan fingerprint density at radius 2 is 1.05 bits per heavy atom. The summed E-state index contributed by atoms with van der Waals surface area (Å²) in [6, 6.07) is -10.4. The standard InChI is InChI=1S/C52H94N12O11S2/c1-27(2)17-34-33(12)64-16-14-15-42(64)52(75)62-39(22-43(53)66)49(72)60-37(20-30(7)8)47(70)58-35(18-28(3)4)45(68)55-23-44(67)56-32(11)25-76-77-26-41(63-50(73)40(24-65)54-13)51(74)61-38(21-31(9)10)48(71)59-36(19-29(5)6)46(69)57-34/h27-42,54,65H,14-26H2,1-13H3,(H2,53,66)(H,55,68)(H,56,67)(H,57,69)(H,58,70)(H,59,71)(H,60,72)(H,61,74)(H,62,75)(H,63,73)/t32-,33?,34+,35+,36+,37+,38+,39+,40+,41+,42+/m1/s1. The number of hydrogen-bond acceptors (Lipinski definition) is 15. The molecule has 0 aromatic heterocycles. The highest BCUT2D eigenvalue weighted by atomic mass is 33.1. The Balaban J connectivity index is 2.70. The van der Waals surface area contributed by atoms with Crippen molar-refractivity contribution in [3.05, 3.63) is 0 Å². The van der Waals surface area contributed by atoms with Crippen LogP contribution in [0.3, 0.4) is 0 Å². The number of nitrogens with two attached hydrogens (primary N) is 1. The molecule has 0 aromatic carbocycles. The monoisotopic (exact) mass is 1130 g/mol. The van der Waals surface area contributed by atoms with Crippen molar-refractivity contribution in [2.75, 3.05) is 38.2 Å². The number of likely N-dealkylation sites (N-methyl/N-ethyl adjacent to an activating group) is 1. The van der Waals surface area contributed by atoms with Gasteiger partial charge >= 0.3 is 0 Å². The Hall–Kier alpha value is -4.72. The molecule has 25 heteroatoms. The fourth-order valence-corrected chi connectivity index (χ4v) is 11.7. The van der Waals surface area contributed by atoms with Crippen molar-refractivity contribution < 1.29 is 53.1 Å². The van der Waals surface area contributed by atoms with Crippen molar-refractivity contribution in [3.63, 3.8) is 0 Å². The lowest BCUT2D eigenvalue weighted by molar-refractivity contribution is -0.136. The second-order valence-electron chi connectivity index (χ2n) is 22.7. The number of aliphatic hydroxyl groups excluding tert-OH is 1. The molecular weight excluding hydrogens is 1030 g/mol. The molecule has 10 amide bonds. The average molecular weight is 1130 g/mol. The first-order valence-corrected chi connectivity index (χ1v) is 29.8. The fraction of sp³-hybridized carbons (Fsp3) is 0.808. The summed E-state index contributed by atoms with van der Waals surface area (Å²) in [5.74, 6) is -6.50. The van der Waals surface area contributed by atoms with Crippen LogP contribution in [0.15, 0.2) is 0 Å². The van der Waals surface area contributed by atoms with Gasteiger partial charge in [-0.3, -0.25) is 52.8 Å². The van der Waals surface area contributed by atoms with E-state index in [2.05, 4.69) is 53.2 Å². The molecule has 0 spiro atoms. The van der Waals surface area contributed by atoms with Gasteiger partial charge in [0.15, 0.2) is 0 Å². The molecule has 0 bridgehead atoms. The van der Waals surface area contributed by atoms with Crippen LogP contribution < -0.4 is 58.9 Å². The van der Waals surface area contributed by atoms with Gasteiger partial charge in [0.1, 0.15) is 42.3 Å². The molecule has 2 aliphatic heterocycles. The van der Waals surface area contributed by atoms with E-state index in [0.29, 0.717) is 31.6 Å². The molecule has 2 fully saturated rings. The van der Waals surface area contributed by atoms with Gasteiger partial charge in [0, 0.05) is 29.6 Å². The maximum absolute atomic E-state index is 14.5. The van der Waals surface area contributed by atoms with Gasteiger partial charge in [-0.25, -0.2) is 0 Å². The minimum absolute atomic E-state index is 0.0167. The molecule has 13 N–H and O–H groups in total. The van der Waals surface area contributed by atoms with Gasteiger partial charge in [0.05, 0.1) is 25.6 Å². The summed E-state index contributed by atoms with van der Waals surface area (Å²) in [4.78, 5) is 140. The smallest absolute Gasteiger partial charge is 0.244 e. The lowest BCUT2D eigenvalue weighted by Crippen LogP contribution is -2.61. The van der Waals surface area contributed by atoms with Crippen LogP contribution in [0.5, 0.6) is 0 Å². The molecule has 0 radical (unpaired) electrons. The van der Waals surface area contributed by atoms with Gasteiger partial charge in [-0.1, -0.05) is 90.8 Å². The Labute approximate surface area is 464 Å². The molecule has 1 unspecified atom stereocenters. The largest absolute Gasteiger partial charge is 0.394 e. The third-order valence-corrected chi connectivity index (χ3v) is 15.7. The van der Waals surface area contributed by atoms with Gasteiger partial charge in [-0.15, -0.1) is 0 Å². The highest BCUT2D eigenvalue weighted by molar-refractivity contribution is 8.76. The minimum atomic E-state index is -1.47. The number of rotatable bonds is 16. The highest BCUT2D eigenvalue weighted by Crippen LogP contribution is 2.26. The van der Waals surface area contributed by atoms with Crippen LogP contribution in [0.25, 0.3) is 0 Å². The quantitative estimate of drug-likeness (QED) is 0.0901. The van der Waals surface area contributed by atoms with Crippen molar-refractivity contribution in [1.82, 2.24) is 58.1 Å². The number of primary amides is 1. The van der Waals surface area contributed by atoms with E-state index in [-0.39, 0.29) is 61.0 Å². The molecule has 2 saturated heterocycles. The number of carbonyl (C=O) groups is 10. The summed E-state index contributed by atoms with van der Waals surface area (Å²) >= 11 is 0. The van der Waals surface area contributed by atoms with Gasteiger partial charge < -0.3 is 64.0 Å². The van der Waals surface area contributed by atoms with Crippen LogP contribution in [0.4, 0.5) is 0 Å². The SMILES string of the molecule is CN[C@@H](CO)C(=O)N[C@H]1CSSC[C@@H](C)NC(=O)CNC(=O)[C@H](CC(C)C)NC(=O)[C@H](CC(C)C)NC(=O)[C@H](CC(N)=O)NC(=O)[C@@H]2CCCN2C(C)[C@H](CC(C)C)NC(=O)[C@H](CC(C)C)NC(=O)[C@H](CC(C)C)NC1=O. The fourth-order valence-electron chi connectivity index (χ4n) is 9.22. The number of nitrogens with one attached hydrogen (secondary N) is 10. The van der Waals surface area contributed by atoms with Gasteiger partial charge in [0.25, 0.3) is 0 Å². The summed E-state index contributed by atoms with van der Waals surface area (Å²) in [5.41, 5.74) is 5.63. The summed E-state index contributed by atoms with van der Waals surface area (Å²) < 4.78 is 0. The lowest BCUT2D eigenvalue weighted by Gasteiger charge is -2.37. The summed E-state index contributed by atoms with van der Waals surface area (Å²) in [6.07, 6.45) is 1.62. The Morgan fingerprint density at radius 1 is 0.610 bits per heavy atom.